The van der Waals surface area contributed by atoms with E-state index in [-0.39, 0.29) is 0 Å². The largest absolute Gasteiger partial charge is 0.479 e. The molecule has 0 aliphatic rings. The lowest BCUT2D eigenvalue weighted by Gasteiger charge is -2.27. The molecule has 0 saturated heterocycles. The van der Waals surface area contributed by atoms with Gasteiger partial charge in [-0.2, -0.15) is 0 Å². The summed E-state index contributed by atoms with van der Waals surface area (Å²) in [6.07, 6.45) is 0. The van der Waals surface area contributed by atoms with Crippen LogP contribution in [0.5, 0.6) is 0 Å². The standard InChI is InChI=1S/C15H15NO2/c1-16(13-10-6-3-7-11-13)14(15(17)18)12-8-4-2-5-9-12/h2-11,14H,1H3,(H,17,18). The van der Waals surface area contributed by atoms with Crippen LogP contribution in [0.15, 0.2) is 60.7 Å². The summed E-state index contributed by atoms with van der Waals surface area (Å²) in [5.41, 5.74) is 1.66. The van der Waals surface area contributed by atoms with Gasteiger partial charge in [-0.05, 0) is 17.7 Å². The molecule has 3 nitrogen and oxygen atoms in total. The average molecular weight is 241 g/mol. The van der Waals surface area contributed by atoms with Gasteiger partial charge in [0.25, 0.3) is 0 Å². The maximum absolute atomic E-state index is 11.5. The van der Waals surface area contributed by atoms with Gasteiger partial charge in [0.1, 0.15) is 0 Å². The minimum absolute atomic E-state index is 0.673. The average Bonchev–Trinajstić information content (AvgIpc) is 2.40. The van der Waals surface area contributed by atoms with Gasteiger partial charge >= 0.3 is 5.97 Å². The molecule has 2 aromatic rings. The third-order valence-corrected chi connectivity index (χ3v) is 2.90. The van der Waals surface area contributed by atoms with E-state index in [1.54, 1.807) is 11.9 Å². The number of carboxylic acid groups (broad SMARTS) is 1. The highest BCUT2D eigenvalue weighted by molar-refractivity contribution is 5.80. The number of hydrogen-bond donors (Lipinski definition) is 1. The Morgan fingerprint density at radius 1 is 1.00 bits per heavy atom. The second kappa shape index (κ2) is 5.36. The summed E-state index contributed by atoms with van der Waals surface area (Å²) in [5, 5.41) is 9.42. The monoisotopic (exact) mass is 241 g/mol. The minimum atomic E-state index is -0.854. The molecule has 0 spiro atoms. The predicted molar refractivity (Wildman–Crippen MR) is 71.7 cm³/mol. The third-order valence-electron chi connectivity index (χ3n) is 2.90. The summed E-state index contributed by atoms with van der Waals surface area (Å²) in [4.78, 5) is 13.2. The number of hydrogen-bond acceptors (Lipinski definition) is 2. The van der Waals surface area contributed by atoms with Crippen LogP contribution in [0.25, 0.3) is 0 Å². The van der Waals surface area contributed by atoms with E-state index in [9.17, 15) is 9.90 Å². The molecule has 2 rings (SSSR count). The van der Waals surface area contributed by atoms with Crippen molar-refractivity contribution in [2.24, 2.45) is 0 Å². The number of nitrogens with zero attached hydrogens (tertiary/aromatic N) is 1. The first kappa shape index (κ1) is 12.2. The fourth-order valence-electron chi connectivity index (χ4n) is 1.98. The highest BCUT2D eigenvalue weighted by Crippen LogP contribution is 2.25. The van der Waals surface area contributed by atoms with E-state index in [4.69, 9.17) is 0 Å². The summed E-state index contributed by atoms with van der Waals surface area (Å²) in [6, 6.07) is 18.1. The molecule has 0 bridgehead atoms. The second-order valence-corrected chi connectivity index (χ2v) is 4.10. The van der Waals surface area contributed by atoms with Gasteiger partial charge in [0.2, 0.25) is 0 Å². The molecule has 0 radical (unpaired) electrons. The molecule has 0 amide bonds. The molecule has 18 heavy (non-hydrogen) atoms. The fourth-order valence-corrected chi connectivity index (χ4v) is 1.98. The Kier molecular flexibility index (Phi) is 3.63. The van der Waals surface area contributed by atoms with Crippen molar-refractivity contribution in [3.8, 4) is 0 Å². The molecule has 0 aromatic heterocycles. The number of anilines is 1. The molecule has 1 atom stereocenters. The summed E-state index contributed by atoms with van der Waals surface area (Å²) < 4.78 is 0. The molecular weight excluding hydrogens is 226 g/mol. The van der Waals surface area contributed by atoms with E-state index in [0.717, 1.165) is 11.3 Å². The number of para-hydroxylation sites is 1. The molecule has 3 heteroatoms. The highest BCUT2D eigenvalue weighted by Gasteiger charge is 2.24. The van der Waals surface area contributed by atoms with Crippen LogP contribution in [-0.2, 0) is 4.79 Å². The second-order valence-electron chi connectivity index (χ2n) is 4.10. The first-order valence-electron chi connectivity index (χ1n) is 5.76. The maximum atomic E-state index is 11.5. The molecule has 92 valence electrons. The first-order chi connectivity index (χ1) is 8.70. The molecule has 1 unspecified atom stereocenters. The van der Waals surface area contributed by atoms with E-state index >= 15 is 0 Å². The summed E-state index contributed by atoms with van der Waals surface area (Å²) in [6.45, 7) is 0. The lowest BCUT2D eigenvalue weighted by molar-refractivity contribution is -0.138. The number of carbonyl (C=O) groups is 1. The smallest absolute Gasteiger partial charge is 0.331 e. The van der Waals surface area contributed by atoms with Crippen LogP contribution < -0.4 is 4.90 Å². The summed E-state index contributed by atoms with van der Waals surface area (Å²) in [7, 11) is 1.79. The Balaban J connectivity index is 2.35. The molecule has 0 heterocycles. The predicted octanol–water partition coefficient (Wildman–Crippen LogP) is 2.95. The molecule has 0 fully saturated rings. The van der Waals surface area contributed by atoms with Gasteiger partial charge in [-0.1, -0.05) is 48.5 Å². The Hall–Kier alpha value is -2.29. The molecule has 0 saturated carbocycles. The molecular formula is C15H15NO2. The molecule has 0 aliphatic carbocycles. The molecule has 1 N–H and O–H groups in total. The van der Waals surface area contributed by atoms with E-state index in [1.165, 1.54) is 0 Å². The van der Waals surface area contributed by atoms with Crippen LogP contribution in [0.4, 0.5) is 5.69 Å². The van der Waals surface area contributed by atoms with Crippen LogP contribution >= 0.6 is 0 Å². The van der Waals surface area contributed by atoms with Crippen molar-refractivity contribution in [1.82, 2.24) is 0 Å². The van der Waals surface area contributed by atoms with Gasteiger partial charge in [0, 0.05) is 12.7 Å². The van der Waals surface area contributed by atoms with Crippen LogP contribution in [0.1, 0.15) is 11.6 Å². The van der Waals surface area contributed by atoms with Gasteiger partial charge < -0.3 is 10.0 Å². The lowest BCUT2D eigenvalue weighted by Crippen LogP contribution is -2.30. The van der Waals surface area contributed by atoms with Crippen LogP contribution in [-0.4, -0.2) is 18.1 Å². The van der Waals surface area contributed by atoms with Gasteiger partial charge in [-0.25, -0.2) is 4.79 Å². The fraction of sp³-hybridized carbons (Fsp3) is 0.133. The van der Waals surface area contributed by atoms with Crippen molar-refractivity contribution in [3.05, 3.63) is 66.2 Å². The first-order valence-corrected chi connectivity index (χ1v) is 5.76. The minimum Gasteiger partial charge on any atom is -0.479 e. The van der Waals surface area contributed by atoms with Crippen molar-refractivity contribution in [1.29, 1.82) is 0 Å². The van der Waals surface area contributed by atoms with Gasteiger partial charge in [0.15, 0.2) is 6.04 Å². The zero-order chi connectivity index (χ0) is 13.0. The lowest BCUT2D eigenvalue weighted by atomic mass is 10.1. The van der Waals surface area contributed by atoms with Crippen molar-refractivity contribution >= 4 is 11.7 Å². The summed E-state index contributed by atoms with van der Waals surface area (Å²) >= 11 is 0. The number of aliphatic carboxylic acids is 1. The summed E-state index contributed by atoms with van der Waals surface area (Å²) in [5.74, 6) is -0.854. The third kappa shape index (κ3) is 2.51. The Morgan fingerprint density at radius 2 is 1.50 bits per heavy atom. The Bertz CT molecular complexity index is 511. The normalized spacial score (nSPS) is 11.8. The highest BCUT2D eigenvalue weighted by atomic mass is 16.4. The Labute approximate surface area is 106 Å². The quantitative estimate of drug-likeness (QED) is 0.894. The van der Waals surface area contributed by atoms with Crippen molar-refractivity contribution in [2.75, 3.05) is 11.9 Å². The topological polar surface area (TPSA) is 40.5 Å². The number of rotatable bonds is 4. The van der Waals surface area contributed by atoms with E-state index in [0.29, 0.717) is 0 Å². The Morgan fingerprint density at radius 3 is 2.00 bits per heavy atom. The van der Waals surface area contributed by atoms with Gasteiger partial charge in [-0.15, -0.1) is 0 Å². The molecule has 2 aromatic carbocycles. The van der Waals surface area contributed by atoms with E-state index in [2.05, 4.69) is 0 Å². The zero-order valence-electron chi connectivity index (χ0n) is 10.2. The zero-order valence-corrected chi connectivity index (χ0v) is 10.2. The van der Waals surface area contributed by atoms with Crippen molar-refractivity contribution < 1.29 is 9.90 Å². The van der Waals surface area contributed by atoms with Gasteiger partial charge in [0.05, 0.1) is 0 Å². The maximum Gasteiger partial charge on any atom is 0.331 e. The van der Waals surface area contributed by atoms with E-state index in [1.807, 2.05) is 60.7 Å². The van der Waals surface area contributed by atoms with Gasteiger partial charge in [-0.3, -0.25) is 0 Å². The SMILES string of the molecule is CN(c1ccccc1)C(C(=O)O)c1ccccc1. The molecule has 0 aliphatic heterocycles. The van der Waals surface area contributed by atoms with Crippen molar-refractivity contribution in [3.63, 3.8) is 0 Å². The van der Waals surface area contributed by atoms with Crippen LogP contribution in [0.2, 0.25) is 0 Å². The number of likely N-dealkylation sites (N-methyl/N-ethyl adjacent to an activating group) is 1. The number of benzene rings is 2. The van der Waals surface area contributed by atoms with Crippen LogP contribution in [0, 0.1) is 0 Å². The van der Waals surface area contributed by atoms with Crippen molar-refractivity contribution in [2.45, 2.75) is 6.04 Å². The van der Waals surface area contributed by atoms with Crippen LogP contribution in [0.3, 0.4) is 0 Å². The van der Waals surface area contributed by atoms with E-state index < -0.39 is 12.0 Å². The number of carboxylic acids is 1.